The molecule has 7 nitrogen and oxygen atoms in total. The lowest BCUT2D eigenvalue weighted by atomic mass is 9.97. The largest absolute Gasteiger partial charge is 0.467 e. The van der Waals surface area contributed by atoms with Gasteiger partial charge in [0, 0.05) is 30.8 Å². The van der Waals surface area contributed by atoms with Crippen molar-refractivity contribution in [1.29, 1.82) is 0 Å². The van der Waals surface area contributed by atoms with Crippen LogP contribution in [0.3, 0.4) is 0 Å². The maximum Gasteiger partial charge on any atom is 0.331 e. The van der Waals surface area contributed by atoms with E-state index >= 15 is 0 Å². The molecule has 2 heterocycles. The number of carbonyl (C=O) groups is 2. The Balaban J connectivity index is 0.00000176. The highest BCUT2D eigenvalue weighted by Crippen LogP contribution is 2.31. The van der Waals surface area contributed by atoms with Crippen molar-refractivity contribution in [1.82, 2.24) is 20.8 Å². The molecule has 1 aromatic rings. The van der Waals surface area contributed by atoms with Crippen LogP contribution in [0.15, 0.2) is 0 Å². The van der Waals surface area contributed by atoms with Crippen molar-refractivity contribution in [3.8, 4) is 0 Å². The molecule has 1 aliphatic heterocycles. The number of amides is 1. The summed E-state index contributed by atoms with van der Waals surface area (Å²) in [6.07, 6.45) is 3.90. The Morgan fingerprint density at radius 3 is 2.73 bits per heavy atom. The average Bonchev–Trinajstić information content (AvgIpc) is 3.13. The molecule has 1 aromatic heterocycles. The molecule has 0 spiro atoms. The summed E-state index contributed by atoms with van der Waals surface area (Å²) in [5, 5.41) is 13.1. The molecule has 0 aromatic carbocycles. The molecule has 0 atom stereocenters. The van der Waals surface area contributed by atoms with Crippen LogP contribution in [0.5, 0.6) is 0 Å². The van der Waals surface area contributed by atoms with E-state index in [-0.39, 0.29) is 24.3 Å². The second kappa shape index (κ2) is 6.66. The molecule has 1 fully saturated rings. The van der Waals surface area contributed by atoms with E-state index < -0.39 is 5.54 Å². The number of aromatic amines is 1. The minimum Gasteiger partial charge on any atom is -0.467 e. The number of rotatable bonds is 3. The normalized spacial score (nSPS) is 19.0. The number of carbonyl (C=O) groups excluding carboxylic acids is 2. The van der Waals surface area contributed by atoms with E-state index in [1.807, 2.05) is 0 Å². The number of fused-ring (bicyclic) bond motifs is 1. The monoisotopic (exact) mass is 328 g/mol. The summed E-state index contributed by atoms with van der Waals surface area (Å²) in [4.78, 5) is 24.6. The summed E-state index contributed by atoms with van der Waals surface area (Å²) in [5.41, 5.74) is 1.39. The van der Waals surface area contributed by atoms with Crippen LogP contribution in [-0.2, 0) is 22.5 Å². The van der Waals surface area contributed by atoms with Crippen LogP contribution in [-0.4, -0.2) is 41.3 Å². The summed E-state index contributed by atoms with van der Waals surface area (Å²) < 4.78 is 4.87. The number of ether oxygens (including phenoxy) is 1. The molecular formula is C14H21ClN4O3. The Hall–Kier alpha value is -1.60. The first-order valence-electron chi connectivity index (χ1n) is 7.34. The van der Waals surface area contributed by atoms with Crippen molar-refractivity contribution in [3.63, 3.8) is 0 Å². The second-order valence-corrected chi connectivity index (χ2v) is 5.69. The van der Waals surface area contributed by atoms with Crippen LogP contribution in [0.25, 0.3) is 0 Å². The molecule has 3 rings (SSSR count). The predicted octanol–water partition coefficient (Wildman–Crippen LogP) is 0.693. The topological polar surface area (TPSA) is 96.1 Å². The smallest absolute Gasteiger partial charge is 0.331 e. The summed E-state index contributed by atoms with van der Waals surface area (Å²) in [6, 6.07) is 0. The SMILES string of the molecule is COC(=O)C1(NC(=O)c2n[nH]c3c2CNCC3)CCCC1.Cl. The van der Waals surface area contributed by atoms with Crippen LogP contribution in [0.4, 0.5) is 0 Å². The van der Waals surface area contributed by atoms with Gasteiger partial charge in [0.1, 0.15) is 5.54 Å². The molecule has 2 aliphatic rings. The van der Waals surface area contributed by atoms with Gasteiger partial charge in [0.25, 0.3) is 5.91 Å². The van der Waals surface area contributed by atoms with E-state index in [9.17, 15) is 9.59 Å². The van der Waals surface area contributed by atoms with Gasteiger partial charge in [-0.3, -0.25) is 9.89 Å². The highest BCUT2D eigenvalue weighted by Gasteiger charge is 2.44. The standard InChI is InChI=1S/C14H20N4O3.ClH/c1-21-13(20)14(5-2-3-6-14)16-12(19)11-9-8-15-7-4-10(9)17-18-11;/h15H,2-8H2,1H3,(H,16,19)(H,17,18);1H. The van der Waals surface area contributed by atoms with Crippen LogP contribution in [0, 0.1) is 0 Å². The number of methoxy groups -OCH3 is 1. The van der Waals surface area contributed by atoms with Crippen LogP contribution >= 0.6 is 12.4 Å². The fourth-order valence-electron chi connectivity index (χ4n) is 3.24. The fourth-order valence-corrected chi connectivity index (χ4v) is 3.24. The lowest BCUT2D eigenvalue weighted by molar-refractivity contribution is -0.148. The van der Waals surface area contributed by atoms with Crippen LogP contribution in [0.2, 0.25) is 0 Å². The van der Waals surface area contributed by atoms with E-state index in [0.29, 0.717) is 25.1 Å². The third-order valence-corrected chi connectivity index (χ3v) is 4.41. The number of aromatic nitrogens is 2. The zero-order valence-corrected chi connectivity index (χ0v) is 13.3. The van der Waals surface area contributed by atoms with Gasteiger partial charge in [-0.15, -0.1) is 12.4 Å². The molecule has 0 unspecified atom stereocenters. The molecule has 8 heteroatoms. The Morgan fingerprint density at radius 1 is 1.32 bits per heavy atom. The number of nitrogens with one attached hydrogen (secondary N) is 3. The van der Waals surface area contributed by atoms with E-state index in [0.717, 1.165) is 37.1 Å². The highest BCUT2D eigenvalue weighted by molar-refractivity contribution is 5.98. The molecule has 3 N–H and O–H groups in total. The Morgan fingerprint density at radius 2 is 2.05 bits per heavy atom. The minimum atomic E-state index is -0.889. The average molecular weight is 329 g/mol. The molecule has 1 amide bonds. The molecular weight excluding hydrogens is 308 g/mol. The minimum absolute atomic E-state index is 0. The Kier molecular flexibility index (Phi) is 5.08. The van der Waals surface area contributed by atoms with Crippen molar-refractivity contribution < 1.29 is 14.3 Å². The van der Waals surface area contributed by atoms with Crippen molar-refractivity contribution in [2.24, 2.45) is 0 Å². The molecule has 0 radical (unpaired) electrons. The van der Waals surface area contributed by atoms with Gasteiger partial charge in [-0.05, 0) is 12.8 Å². The molecule has 22 heavy (non-hydrogen) atoms. The molecule has 0 bridgehead atoms. The van der Waals surface area contributed by atoms with Crippen molar-refractivity contribution in [3.05, 3.63) is 17.0 Å². The second-order valence-electron chi connectivity index (χ2n) is 5.69. The van der Waals surface area contributed by atoms with E-state index in [1.54, 1.807) is 0 Å². The van der Waals surface area contributed by atoms with Gasteiger partial charge in [-0.1, -0.05) is 12.8 Å². The number of hydrogen-bond donors (Lipinski definition) is 3. The zero-order valence-electron chi connectivity index (χ0n) is 12.5. The first kappa shape index (κ1) is 16.8. The zero-order chi connectivity index (χ0) is 14.9. The number of H-pyrrole nitrogens is 1. The Labute approximate surface area is 135 Å². The quantitative estimate of drug-likeness (QED) is 0.710. The van der Waals surface area contributed by atoms with Crippen LogP contribution in [0.1, 0.15) is 47.4 Å². The lowest BCUT2D eigenvalue weighted by Crippen LogP contribution is -2.53. The number of halogens is 1. The summed E-state index contributed by atoms with van der Waals surface area (Å²) >= 11 is 0. The molecule has 1 aliphatic carbocycles. The van der Waals surface area contributed by atoms with E-state index in [4.69, 9.17) is 4.74 Å². The Bertz CT molecular complexity index is 566. The van der Waals surface area contributed by atoms with Gasteiger partial charge in [-0.25, -0.2) is 4.79 Å². The summed E-state index contributed by atoms with van der Waals surface area (Å²) in [7, 11) is 1.36. The van der Waals surface area contributed by atoms with Gasteiger partial charge in [-0.2, -0.15) is 5.10 Å². The van der Waals surface area contributed by atoms with Crippen LogP contribution < -0.4 is 10.6 Å². The summed E-state index contributed by atoms with van der Waals surface area (Å²) in [5.74, 6) is -0.667. The van der Waals surface area contributed by atoms with Gasteiger partial charge in [0.2, 0.25) is 0 Å². The van der Waals surface area contributed by atoms with E-state index in [1.165, 1.54) is 7.11 Å². The van der Waals surface area contributed by atoms with Crippen molar-refractivity contribution >= 4 is 24.3 Å². The molecule has 122 valence electrons. The number of esters is 1. The predicted molar refractivity (Wildman–Crippen MR) is 81.9 cm³/mol. The third-order valence-electron chi connectivity index (χ3n) is 4.41. The maximum absolute atomic E-state index is 12.5. The number of hydrogen-bond acceptors (Lipinski definition) is 5. The van der Waals surface area contributed by atoms with Gasteiger partial charge in [0.05, 0.1) is 7.11 Å². The van der Waals surface area contributed by atoms with E-state index in [2.05, 4.69) is 20.8 Å². The van der Waals surface area contributed by atoms with Gasteiger partial charge < -0.3 is 15.4 Å². The highest BCUT2D eigenvalue weighted by atomic mass is 35.5. The first-order valence-corrected chi connectivity index (χ1v) is 7.34. The first-order chi connectivity index (χ1) is 10.2. The van der Waals surface area contributed by atoms with Crippen molar-refractivity contribution in [2.45, 2.75) is 44.2 Å². The third kappa shape index (κ3) is 2.83. The maximum atomic E-state index is 12.5. The van der Waals surface area contributed by atoms with Gasteiger partial charge >= 0.3 is 5.97 Å². The lowest BCUT2D eigenvalue weighted by Gasteiger charge is -2.27. The number of nitrogens with zero attached hydrogens (tertiary/aromatic N) is 1. The fraction of sp³-hybridized carbons (Fsp3) is 0.643. The molecule has 1 saturated carbocycles. The summed E-state index contributed by atoms with van der Waals surface area (Å²) in [6.45, 7) is 1.50. The van der Waals surface area contributed by atoms with Crippen molar-refractivity contribution in [2.75, 3.05) is 13.7 Å². The van der Waals surface area contributed by atoms with Gasteiger partial charge in [0.15, 0.2) is 5.69 Å². The molecule has 0 saturated heterocycles.